The van der Waals surface area contributed by atoms with Crippen LogP contribution in [0.15, 0.2) is 18.2 Å². The van der Waals surface area contributed by atoms with Crippen LogP contribution in [-0.4, -0.2) is 42.0 Å². The lowest BCUT2D eigenvalue weighted by atomic mass is 10.2. The molecule has 0 saturated carbocycles. The number of rotatable bonds is 3. The summed E-state index contributed by atoms with van der Waals surface area (Å²) in [5, 5.41) is 9.15. The van der Waals surface area contributed by atoms with Crippen molar-refractivity contribution in [1.29, 1.82) is 0 Å². The third kappa shape index (κ3) is 2.74. The van der Waals surface area contributed by atoms with Crippen molar-refractivity contribution in [3.8, 4) is 0 Å². The predicted molar refractivity (Wildman–Crippen MR) is 65.8 cm³/mol. The monoisotopic (exact) mass is 237 g/mol. The summed E-state index contributed by atoms with van der Waals surface area (Å²) >= 11 is 0. The molecule has 0 radical (unpaired) electrons. The lowest BCUT2D eigenvalue weighted by Gasteiger charge is -2.38. The Labute approximate surface area is 101 Å². The van der Waals surface area contributed by atoms with Crippen molar-refractivity contribution in [2.45, 2.75) is 25.6 Å². The number of pyridine rings is 1. The topological polar surface area (TPSA) is 71.6 Å². The van der Waals surface area contributed by atoms with Gasteiger partial charge in [0.05, 0.1) is 31.1 Å². The first kappa shape index (κ1) is 12.3. The van der Waals surface area contributed by atoms with E-state index in [4.69, 9.17) is 15.6 Å². The predicted octanol–water partition coefficient (Wildman–Crippen LogP) is 0.126. The summed E-state index contributed by atoms with van der Waals surface area (Å²) < 4.78 is 5.50. The van der Waals surface area contributed by atoms with E-state index >= 15 is 0 Å². The summed E-state index contributed by atoms with van der Waals surface area (Å²) in [6, 6.07) is 6.10. The van der Waals surface area contributed by atoms with Gasteiger partial charge < -0.3 is 20.5 Å². The molecule has 2 heterocycles. The smallest absolute Gasteiger partial charge is 0.129 e. The van der Waals surface area contributed by atoms with Gasteiger partial charge in [0.2, 0.25) is 0 Å². The lowest BCUT2D eigenvalue weighted by molar-refractivity contribution is -0.0105. The van der Waals surface area contributed by atoms with Crippen LogP contribution >= 0.6 is 0 Å². The Hall–Kier alpha value is -1.17. The maximum absolute atomic E-state index is 9.15. The van der Waals surface area contributed by atoms with Crippen molar-refractivity contribution in [2.75, 3.05) is 24.7 Å². The number of hydrogen-bond donors (Lipinski definition) is 2. The van der Waals surface area contributed by atoms with Gasteiger partial charge in [0.1, 0.15) is 5.82 Å². The molecule has 1 saturated heterocycles. The van der Waals surface area contributed by atoms with Gasteiger partial charge >= 0.3 is 0 Å². The van der Waals surface area contributed by atoms with Gasteiger partial charge in [0, 0.05) is 13.1 Å². The number of nitrogens with zero attached hydrogens (tertiary/aromatic N) is 2. The summed E-state index contributed by atoms with van der Waals surface area (Å²) in [6.07, 6.45) is -0.130. The number of nitrogens with two attached hydrogens (primary N) is 1. The van der Waals surface area contributed by atoms with Crippen molar-refractivity contribution < 1.29 is 9.84 Å². The molecule has 17 heavy (non-hydrogen) atoms. The van der Waals surface area contributed by atoms with Gasteiger partial charge in [-0.25, -0.2) is 4.98 Å². The highest BCUT2D eigenvalue weighted by Gasteiger charge is 2.26. The van der Waals surface area contributed by atoms with E-state index in [2.05, 4.69) is 16.8 Å². The second kappa shape index (κ2) is 5.44. The van der Waals surface area contributed by atoms with Gasteiger partial charge in [-0.05, 0) is 19.1 Å². The molecule has 2 rings (SSSR count). The highest BCUT2D eigenvalue weighted by Crippen LogP contribution is 2.19. The Morgan fingerprint density at radius 2 is 2.41 bits per heavy atom. The molecular weight excluding hydrogens is 218 g/mol. The fraction of sp³-hybridized carbons (Fsp3) is 0.583. The van der Waals surface area contributed by atoms with E-state index in [0.717, 1.165) is 11.5 Å². The molecular formula is C12H19N3O2. The molecule has 2 atom stereocenters. The zero-order valence-electron chi connectivity index (χ0n) is 10.0. The Morgan fingerprint density at radius 1 is 1.59 bits per heavy atom. The van der Waals surface area contributed by atoms with Crippen LogP contribution in [0, 0.1) is 0 Å². The number of aromatic nitrogens is 1. The van der Waals surface area contributed by atoms with E-state index in [1.807, 2.05) is 18.2 Å². The van der Waals surface area contributed by atoms with Crippen LogP contribution in [0.1, 0.15) is 12.6 Å². The normalized spacial score (nSPS) is 25.0. The van der Waals surface area contributed by atoms with Gasteiger partial charge in [-0.3, -0.25) is 0 Å². The van der Waals surface area contributed by atoms with Crippen LogP contribution in [-0.2, 0) is 11.3 Å². The summed E-state index contributed by atoms with van der Waals surface area (Å²) in [4.78, 5) is 6.65. The van der Waals surface area contributed by atoms with Crippen LogP contribution in [0.3, 0.4) is 0 Å². The first-order valence-corrected chi connectivity index (χ1v) is 5.89. The van der Waals surface area contributed by atoms with Crippen molar-refractivity contribution in [3.05, 3.63) is 23.9 Å². The average molecular weight is 237 g/mol. The minimum atomic E-state index is -0.130. The molecule has 1 fully saturated rings. The molecule has 94 valence electrons. The van der Waals surface area contributed by atoms with Gasteiger partial charge in [-0.2, -0.15) is 0 Å². The zero-order chi connectivity index (χ0) is 12.3. The van der Waals surface area contributed by atoms with E-state index < -0.39 is 0 Å². The van der Waals surface area contributed by atoms with Crippen LogP contribution in [0.5, 0.6) is 0 Å². The van der Waals surface area contributed by atoms with Crippen molar-refractivity contribution in [2.24, 2.45) is 5.73 Å². The highest BCUT2D eigenvalue weighted by atomic mass is 16.5. The van der Waals surface area contributed by atoms with Gasteiger partial charge in [-0.15, -0.1) is 0 Å². The number of hydrogen-bond acceptors (Lipinski definition) is 5. The Bertz CT molecular complexity index is 373. The molecule has 0 amide bonds. The molecule has 1 aliphatic heterocycles. The number of aliphatic hydroxyl groups is 1. The summed E-state index contributed by atoms with van der Waals surface area (Å²) in [5.74, 6) is 0.905. The minimum Gasteiger partial charge on any atom is -0.394 e. The SMILES string of the molecule is CC1COC(CO)CN1c1cccc(CN)n1. The number of ether oxygens (including phenoxy) is 1. The Morgan fingerprint density at radius 3 is 3.12 bits per heavy atom. The lowest BCUT2D eigenvalue weighted by Crippen LogP contribution is -2.50. The van der Waals surface area contributed by atoms with E-state index in [1.54, 1.807) is 0 Å². The average Bonchev–Trinajstić information content (AvgIpc) is 2.39. The first-order valence-electron chi connectivity index (χ1n) is 5.89. The maximum atomic E-state index is 9.15. The van der Waals surface area contributed by atoms with Crippen molar-refractivity contribution in [3.63, 3.8) is 0 Å². The van der Waals surface area contributed by atoms with Crippen LogP contribution in [0.2, 0.25) is 0 Å². The minimum absolute atomic E-state index is 0.0415. The molecule has 0 aromatic carbocycles. The second-order valence-corrected chi connectivity index (χ2v) is 4.33. The molecule has 0 bridgehead atoms. The van der Waals surface area contributed by atoms with E-state index in [9.17, 15) is 0 Å². The van der Waals surface area contributed by atoms with Crippen LogP contribution in [0.4, 0.5) is 5.82 Å². The van der Waals surface area contributed by atoms with Gasteiger partial charge in [0.25, 0.3) is 0 Å². The maximum Gasteiger partial charge on any atom is 0.129 e. The molecule has 1 aromatic heterocycles. The second-order valence-electron chi connectivity index (χ2n) is 4.33. The van der Waals surface area contributed by atoms with Crippen molar-refractivity contribution >= 4 is 5.82 Å². The van der Waals surface area contributed by atoms with E-state index in [0.29, 0.717) is 19.7 Å². The largest absolute Gasteiger partial charge is 0.394 e. The number of aliphatic hydroxyl groups excluding tert-OH is 1. The van der Waals surface area contributed by atoms with E-state index in [1.165, 1.54) is 0 Å². The third-order valence-electron chi connectivity index (χ3n) is 3.00. The molecule has 3 N–H and O–H groups in total. The molecule has 0 aliphatic carbocycles. The summed E-state index contributed by atoms with van der Waals surface area (Å²) in [7, 11) is 0. The van der Waals surface area contributed by atoms with Crippen molar-refractivity contribution in [1.82, 2.24) is 4.98 Å². The standard InChI is InChI=1S/C12H19N3O2/c1-9-8-17-11(7-16)6-15(9)12-4-2-3-10(5-13)14-12/h2-4,9,11,16H,5-8,13H2,1H3. The quantitative estimate of drug-likeness (QED) is 0.781. The Kier molecular flexibility index (Phi) is 3.93. The number of morpholine rings is 1. The molecule has 1 aromatic rings. The van der Waals surface area contributed by atoms with Crippen LogP contribution in [0.25, 0.3) is 0 Å². The number of anilines is 1. The summed E-state index contributed by atoms with van der Waals surface area (Å²) in [6.45, 7) is 3.85. The third-order valence-corrected chi connectivity index (χ3v) is 3.00. The van der Waals surface area contributed by atoms with Gasteiger partial charge in [-0.1, -0.05) is 6.07 Å². The fourth-order valence-corrected chi connectivity index (χ4v) is 1.99. The van der Waals surface area contributed by atoms with E-state index in [-0.39, 0.29) is 18.8 Å². The summed E-state index contributed by atoms with van der Waals surface area (Å²) in [5.41, 5.74) is 6.47. The van der Waals surface area contributed by atoms with Crippen LogP contribution < -0.4 is 10.6 Å². The molecule has 1 aliphatic rings. The zero-order valence-corrected chi connectivity index (χ0v) is 10.0. The molecule has 5 heteroatoms. The molecule has 0 spiro atoms. The highest BCUT2D eigenvalue weighted by molar-refractivity contribution is 5.41. The first-order chi connectivity index (χ1) is 8.24. The fourth-order valence-electron chi connectivity index (χ4n) is 1.99. The molecule has 5 nitrogen and oxygen atoms in total. The molecule has 2 unspecified atom stereocenters. The van der Waals surface area contributed by atoms with Gasteiger partial charge in [0.15, 0.2) is 0 Å². The Balaban J connectivity index is 2.18.